The average Bonchev–Trinajstić information content (AvgIpc) is 2.46. The fourth-order valence-corrected chi connectivity index (χ4v) is 3.31. The van der Waals surface area contributed by atoms with Crippen LogP contribution in [0.1, 0.15) is 62.9 Å². The highest BCUT2D eigenvalue weighted by Gasteiger charge is 2.26. The van der Waals surface area contributed by atoms with E-state index in [0.717, 1.165) is 12.8 Å². The average molecular weight is 314 g/mol. The topological polar surface area (TPSA) is 46.5 Å². The van der Waals surface area contributed by atoms with E-state index in [0.29, 0.717) is 5.56 Å². The SMILES string of the molecule is CCOC(=O)c1c(O)cccc1/C=C/C1=C(C)CCCC1(C)C. The van der Waals surface area contributed by atoms with Crippen molar-refractivity contribution in [1.29, 1.82) is 0 Å². The zero-order chi connectivity index (χ0) is 17.0. The van der Waals surface area contributed by atoms with Gasteiger partial charge in [0.2, 0.25) is 0 Å². The quantitative estimate of drug-likeness (QED) is 0.786. The van der Waals surface area contributed by atoms with Gasteiger partial charge in [-0.2, -0.15) is 0 Å². The third-order valence-electron chi connectivity index (χ3n) is 4.53. The lowest BCUT2D eigenvalue weighted by molar-refractivity contribution is 0.0523. The van der Waals surface area contributed by atoms with Gasteiger partial charge in [0.1, 0.15) is 11.3 Å². The fourth-order valence-electron chi connectivity index (χ4n) is 3.31. The first-order valence-electron chi connectivity index (χ1n) is 8.24. The number of carbonyl (C=O) groups is 1. The van der Waals surface area contributed by atoms with E-state index < -0.39 is 5.97 Å². The Bertz CT molecular complexity index is 651. The van der Waals surface area contributed by atoms with Crippen molar-refractivity contribution in [3.63, 3.8) is 0 Å². The standard InChI is InChI=1S/C20H26O3/c1-5-23-19(22)18-15(9-6-10-17(18)21)11-12-16-14(2)8-7-13-20(16,3)4/h6,9-12,21H,5,7-8,13H2,1-4H3/b12-11+. The van der Waals surface area contributed by atoms with Gasteiger partial charge >= 0.3 is 5.97 Å². The zero-order valence-electron chi connectivity index (χ0n) is 14.5. The minimum Gasteiger partial charge on any atom is -0.507 e. The molecule has 0 amide bonds. The van der Waals surface area contributed by atoms with Crippen LogP contribution in [0.25, 0.3) is 6.08 Å². The molecule has 1 aliphatic rings. The number of allylic oxidation sites excluding steroid dienone is 3. The lowest BCUT2D eigenvalue weighted by Gasteiger charge is -2.33. The van der Waals surface area contributed by atoms with E-state index >= 15 is 0 Å². The number of ether oxygens (including phenoxy) is 1. The number of hydrogen-bond acceptors (Lipinski definition) is 3. The lowest BCUT2D eigenvalue weighted by atomic mass is 9.72. The summed E-state index contributed by atoms with van der Waals surface area (Å²) in [5.74, 6) is -0.530. The van der Waals surface area contributed by atoms with Crippen LogP contribution in [0.5, 0.6) is 5.75 Å². The molecule has 0 unspecified atom stereocenters. The Kier molecular flexibility index (Phi) is 5.30. The van der Waals surface area contributed by atoms with Crippen molar-refractivity contribution >= 4 is 12.0 Å². The molecule has 1 aromatic carbocycles. The number of benzene rings is 1. The van der Waals surface area contributed by atoms with Gasteiger partial charge in [-0.25, -0.2) is 4.79 Å². The van der Waals surface area contributed by atoms with Crippen molar-refractivity contribution in [3.8, 4) is 5.75 Å². The normalized spacial score (nSPS) is 17.6. The molecule has 2 rings (SSSR count). The van der Waals surface area contributed by atoms with Crippen LogP contribution >= 0.6 is 0 Å². The third kappa shape index (κ3) is 3.84. The number of esters is 1. The maximum absolute atomic E-state index is 12.1. The van der Waals surface area contributed by atoms with Crippen LogP contribution in [-0.4, -0.2) is 17.7 Å². The molecule has 0 aromatic heterocycles. The zero-order valence-corrected chi connectivity index (χ0v) is 14.5. The highest BCUT2D eigenvalue weighted by atomic mass is 16.5. The summed E-state index contributed by atoms with van der Waals surface area (Å²) in [7, 11) is 0. The first-order valence-corrected chi connectivity index (χ1v) is 8.24. The van der Waals surface area contributed by atoms with Crippen LogP contribution in [-0.2, 0) is 4.74 Å². The predicted octanol–water partition coefficient (Wildman–Crippen LogP) is 5.11. The fraction of sp³-hybridized carbons (Fsp3) is 0.450. The van der Waals surface area contributed by atoms with E-state index in [-0.39, 0.29) is 23.3 Å². The Morgan fingerprint density at radius 2 is 2.09 bits per heavy atom. The van der Waals surface area contributed by atoms with E-state index in [1.807, 2.05) is 12.1 Å². The van der Waals surface area contributed by atoms with Gasteiger partial charge in [0.15, 0.2) is 0 Å². The second-order valence-corrected chi connectivity index (χ2v) is 6.73. The molecule has 0 spiro atoms. The monoisotopic (exact) mass is 314 g/mol. The molecule has 3 heteroatoms. The Morgan fingerprint density at radius 1 is 1.35 bits per heavy atom. The highest BCUT2D eigenvalue weighted by molar-refractivity contribution is 5.96. The maximum atomic E-state index is 12.1. The summed E-state index contributed by atoms with van der Waals surface area (Å²) >= 11 is 0. The van der Waals surface area contributed by atoms with E-state index in [9.17, 15) is 9.90 Å². The van der Waals surface area contributed by atoms with Crippen molar-refractivity contribution in [3.05, 3.63) is 46.5 Å². The molecule has 0 saturated carbocycles. The van der Waals surface area contributed by atoms with E-state index in [1.165, 1.54) is 23.6 Å². The van der Waals surface area contributed by atoms with Crippen LogP contribution in [0, 0.1) is 5.41 Å². The van der Waals surface area contributed by atoms with Crippen molar-refractivity contribution in [2.45, 2.75) is 47.0 Å². The van der Waals surface area contributed by atoms with Gasteiger partial charge in [0.05, 0.1) is 6.61 Å². The van der Waals surface area contributed by atoms with Gasteiger partial charge in [-0.1, -0.05) is 43.7 Å². The molecule has 1 aliphatic carbocycles. The molecular weight excluding hydrogens is 288 g/mol. The second-order valence-electron chi connectivity index (χ2n) is 6.73. The number of phenolic OH excluding ortho intramolecular Hbond substituents is 1. The Morgan fingerprint density at radius 3 is 2.74 bits per heavy atom. The molecule has 0 heterocycles. The molecular formula is C20H26O3. The van der Waals surface area contributed by atoms with Crippen molar-refractivity contribution < 1.29 is 14.6 Å². The van der Waals surface area contributed by atoms with Gasteiger partial charge in [0.25, 0.3) is 0 Å². The summed E-state index contributed by atoms with van der Waals surface area (Å²) in [5.41, 5.74) is 3.78. The minimum atomic E-state index is -0.487. The smallest absolute Gasteiger partial charge is 0.342 e. The Labute approximate surface area is 138 Å². The Hall–Kier alpha value is -2.03. The molecule has 1 aromatic rings. The van der Waals surface area contributed by atoms with Crippen LogP contribution < -0.4 is 0 Å². The molecule has 0 saturated heterocycles. The van der Waals surface area contributed by atoms with Crippen LogP contribution in [0.3, 0.4) is 0 Å². The number of rotatable bonds is 4. The second kappa shape index (κ2) is 7.03. The summed E-state index contributed by atoms with van der Waals surface area (Å²) in [4.78, 5) is 12.1. The first-order chi connectivity index (χ1) is 10.9. The van der Waals surface area contributed by atoms with Gasteiger partial charge < -0.3 is 9.84 Å². The van der Waals surface area contributed by atoms with Crippen LogP contribution in [0.2, 0.25) is 0 Å². The van der Waals surface area contributed by atoms with Crippen molar-refractivity contribution in [1.82, 2.24) is 0 Å². The van der Waals surface area contributed by atoms with E-state index in [1.54, 1.807) is 13.0 Å². The number of hydrogen-bond donors (Lipinski definition) is 1. The first kappa shape index (κ1) is 17.3. The van der Waals surface area contributed by atoms with Crippen LogP contribution in [0.4, 0.5) is 0 Å². The summed E-state index contributed by atoms with van der Waals surface area (Å²) in [6.45, 7) is 8.73. The lowest BCUT2D eigenvalue weighted by Crippen LogP contribution is -2.19. The molecule has 0 aliphatic heterocycles. The van der Waals surface area contributed by atoms with Gasteiger partial charge in [-0.05, 0) is 55.7 Å². The number of phenols is 1. The summed E-state index contributed by atoms with van der Waals surface area (Å²) in [6, 6.07) is 5.08. The molecule has 0 radical (unpaired) electrons. The Balaban J connectivity index is 2.40. The van der Waals surface area contributed by atoms with Crippen molar-refractivity contribution in [2.75, 3.05) is 6.61 Å². The number of carbonyl (C=O) groups excluding carboxylic acids is 1. The molecule has 3 nitrogen and oxygen atoms in total. The highest BCUT2D eigenvalue weighted by Crippen LogP contribution is 2.41. The maximum Gasteiger partial charge on any atom is 0.342 e. The largest absolute Gasteiger partial charge is 0.507 e. The molecule has 0 bridgehead atoms. The number of aromatic hydroxyl groups is 1. The minimum absolute atomic E-state index is 0.0424. The van der Waals surface area contributed by atoms with Gasteiger partial charge in [-0.3, -0.25) is 0 Å². The summed E-state index contributed by atoms with van der Waals surface area (Å²) in [6.07, 6.45) is 7.50. The summed E-state index contributed by atoms with van der Waals surface area (Å²) in [5, 5.41) is 10.0. The molecule has 1 N–H and O–H groups in total. The molecule has 0 fully saturated rings. The molecule has 0 atom stereocenters. The van der Waals surface area contributed by atoms with Gasteiger partial charge in [-0.15, -0.1) is 0 Å². The van der Waals surface area contributed by atoms with Gasteiger partial charge in [0, 0.05) is 0 Å². The summed E-state index contributed by atoms with van der Waals surface area (Å²) < 4.78 is 5.06. The predicted molar refractivity (Wildman–Crippen MR) is 93.4 cm³/mol. The third-order valence-corrected chi connectivity index (χ3v) is 4.53. The molecule has 124 valence electrons. The van der Waals surface area contributed by atoms with E-state index in [4.69, 9.17) is 4.74 Å². The van der Waals surface area contributed by atoms with Crippen LogP contribution in [0.15, 0.2) is 35.4 Å². The van der Waals surface area contributed by atoms with Crippen molar-refractivity contribution in [2.24, 2.45) is 5.41 Å². The molecule has 23 heavy (non-hydrogen) atoms. The van der Waals surface area contributed by atoms with E-state index in [2.05, 4.69) is 26.8 Å².